The molecule has 0 bridgehead atoms. The van der Waals surface area contributed by atoms with E-state index in [0.717, 1.165) is 6.07 Å². The van der Waals surface area contributed by atoms with Gasteiger partial charge in [-0.3, -0.25) is 0 Å². The molecule has 0 saturated heterocycles. The van der Waals surface area contributed by atoms with Crippen molar-refractivity contribution in [1.29, 1.82) is 0 Å². The zero-order valence-electron chi connectivity index (χ0n) is 8.96. The number of halogens is 4. The minimum absolute atomic E-state index is 0.0929. The lowest BCUT2D eigenvalue weighted by molar-refractivity contribution is -0.138. The van der Waals surface area contributed by atoms with Gasteiger partial charge in [-0.2, -0.15) is 13.2 Å². The molecule has 0 atom stereocenters. The maximum absolute atomic E-state index is 12.7. The Kier molecular flexibility index (Phi) is 3.91. The van der Waals surface area contributed by atoms with Crippen LogP contribution < -0.4 is 5.32 Å². The quantitative estimate of drug-likeness (QED) is 0.890. The highest BCUT2D eigenvalue weighted by Gasteiger charge is 2.32. The molecule has 0 fully saturated rings. The van der Waals surface area contributed by atoms with Crippen molar-refractivity contribution < 1.29 is 13.2 Å². The molecule has 7 heteroatoms. The van der Waals surface area contributed by atoms with Crippen molar-refractivity contribution in [2.24, 2.45) is 0 Å². The monoisotopic (exact) mass is 336 g/mol. The van der Waals surface area contributed by atoms with Crippen LogP contribution in [0.4, 0.5) is 18.3 Å². The van der Waals surface area contributed by atoms with Crippen LogP contribution in [0.25, 0.3) is 0 Å². The summed E-state index contributed by atoms with van der Waals surface area (Å²) in [6, 6.07) is 5.50. The zero-order valence-corrected chi connectivity index (χ0v) is 11.4. The average molecular weight is 337 g/mol. The van der Waals surface area contributed by atoms with Crippen LogP contribution in [0, 0.1) is 0 Å². The topological polar surface area (TPSA) is 24.9 Å². The molecule has 2 aromatic rings. The van der Waals surface area contributed by atoms with Crippen molar-refractivity contribution in [2.75, 3.05) is 5.32 Å². The molecule has 1 aromatic heterocycles. The fourth-order valence-corrected chi connectivity index (χ4v) is 2.60. The molecule has 96 valence electrons. The van der Waals surface area contributed by atoms with E-state index in [-0.39, 0.29) is 12.1 Å². The van der Waals surface area contributed by atoms with E-state index < -0.39 is 11.7 Å². The second-order valence-corrected chi connectivity index (χ2v) is 5.15. The molecule has 18 heavy (non-hydrogen) atoms. The minimum atomic E-state index is -4.33. The highest BCUT2D eigenvalue weighted by molar-refractivity contribution is 9.10. The Morgan fingerprint density at radius 3 is 2.61 bits per heavy atom. The molecular formula is C11H8BrF3N2S. The fraction of sp³-hybridized carbons (Fsp3) is 0.182. The number of benzene rings is 1. The van der Waals surface area contributed by atoms with E-state index in [9.17, 15) is 13.2 Å². The van der Waals surface area contributed by atoms with Gasteiger partial charge >= 0.3 is 6.18 Å². The van der Waals surface area contributed by atoms with E-state index in [4.69, 9.17) is 0 Å². The van der Waals surface area contributed by atoms with E-state index in [2.05, 4.69) is 26.2 Å². The van der Waals surface area contributed by atoms with Gasteiger partial charge in [-0.05, 0) is 27.6 Å². The first kappa shape index (κ1) is 13.4. The second-order valence-electron chi connectivity index (χ2n) is 3.48. The third-order valence-electron chi connectivity index (χ3n) is 2.23. The number of anilines is 1. The van der Waals surface area contributed by atoms with Gasteiger partial charge in [0.1, 0.15) is 4.60 Å². The lowest BCUT2D eigenvalue weighted by atomic mass is 10.1. The Balaban J connectivity index is 2.14. The first-order valence-electron chi connectivity index (χ1n) is 4.97. The van der Waals surface area contributed by atoms with Crippen LogP contribution in [-0.4, -0.2) is 4.98 Å². The van der Waals surface area contributed by atoms with Gasteiger partial charge in [-0.1, -0.05) is 18.2 Å². The van der Waals surface area contributed by atoms with Gasteiger partial charge < -0.3 is 5.32 Å². The van der Waals surface area contributed by atoms with Crippen LogP contribution in [0.1, 0.15) is 11.1 Å². The maximum atomic E-state index is 12.7. The van der Waals surface area contributed by atoms with Crippen molar-refractivity contribution in [1.82, 2.24) is 4.98 Å². The highest BCUT2D eigenvalue weighted by atomic mass is 79.9. The molecule has 0 saturated carbocycles. The molecule has 0 aliphatic heterocycles. The minimum Gasteiger partial charge on any atom is -0.357 e. The average Bonchev–Trinajstić information content (AvgIpc) is 2.72. The first-order valence-corrected chi connectivity index (χ1v) is 6.64. The summed E-state index contributed by atoms with van der Waals surface area (Å²) < 4.78 is 38.9. The molecule has 1 aromatic carbocycles. The molecule has 1 heterocycles. The Morgan fingerprint density at radius 1 is 1.28 bits per heavy atom. The number of alkyl halides is 3. The Morgan fingerprint density at radius 2 is 2.00 bits per heavy atom. The molecular weight excluding hydrogens is 329 g/mol. The summed E-state index contributed by atoms with van der Waals surface area (Å²) in [4.78, 5) is 4.06. The van der Waals surface area contributed by atoms with Crippen molar-refractivity contribution in [3.05, 3.63) is 45.4 Å². The molecule has 0 unspecified atom stereocenters. The standard InChI is InChI=1S/C11H8BrF3N2S/c12-9-6-18-10(17-9)16-5-7-3-1-2-4-8(7)11(13,14)15/h1-4,6H,5H2,(H,16,17). The van der Waals surface area contributed by atoms with Crippen molar-refractivity contribution in [3.63, 3.8) is 0 Å². The number of nitrogens with zero attached hydrogens (tertiary/aromatic N) is 1. The summed E-state index contributed by atoms with van der Waals surface area (Å²) in [5.74, 6) is 0. The Hall–Kier alpha value is -1.08. The summed E-state index contributed by atoms with van der Waals surface area (Å²) in [7, 11) is 0. The summed E-state index contributed by atoms with van der Waals surface area (Å²) >= 11 is 4.52. The summed E-state index contributed by atoms with van der Waals surface area (Å²) in [5, 5.41) is 5.22. The van der Waals surface area contributed by atoms with Gasteiger partial charge in [0, 0.05) is 11.9 Å². The molecule has 2 rings (SSSR count). The molecule has 0 spiro atoms. The highest BCUT2D eigenvalue weighted by Crippen LogP contribution is 2.32. The maximum Gasteiger partial charge on any atom is 0.416 e. The third kappa shape index (κ3) is 3.23. The first-order chi connectivity index (χ1) is 8.47. The van der Waals surface area contributed by atoms with Crippen LogP contribution >= 0.6 is 27.3 Å². The van der Waals surface area contributed by atoms with Crippen LogP contribution in [0.5, 0.6) is 0 Å². The van der Waals surface area contributed by atoms with E-state index in [1.165, 1.54) is 23.5 Å². The van der Waals surface area contributed by atoms with E-state index >= 15 is 0 Å². The van der Waals surface area contributed by atoms with E-state index in [1.807, 2.05) is 0 Å². The van der Waals surface area contributed by atoms with Crippen molar-refractivity contribution >= 4 is 32.4 Å². The van der Waals surface area contributed by atoms with Crippen molar-refractivity contribution in [2.45, 2.75) is 12.7 Å². The van der Waals surface area contributed by atoms with Crippen LogP contribution in [0.15, 0.2) is 34.2 Å². The SMILES string of the molecule is FC(F)(F)c1ccccc1CNc1nc(Br)cs1. The van der Waals surface area contributed by atoms with Gasteiger partial charge in [-0.15, -0.1) is 11.3 Å². The van der Waals surface area contributed by atoms with E-state index in [1.54, 1.807) is 11.4 Å². The lowest BCUT2D eigenvalue weighted by Gasteiger charge is -2.12. The largest absolute Gasteiger partial charge is 0.416 e. The Labute approximate surface area is 114 Å². The second kappa shape index (κ2) is 5.27. The van der Waals surface area contributed by atoms with Gasteiger partial charge in [0.05, 0.1) is 5.56 Å². The number of rotatable bonds is 3. The molecule has 0 aliphatic carbocycles. The van der Waals surface area contributed by atoms with Crippen LogP contribution in [0.3, 0.4) is 0 Å². The van der Waals surface area contributed by atoms with E-state index in [0.29, 0.717) is 9.73 Å². The number of nitrogens with one attached hydrogen (secondary N) is 1. The van der Waals surface area contributed by atoms with Gasteiger partial charge in [0.25, 0.3) is 0 Å². The smallest absolute Gasteiger partial charge is 0.357 e. The molecule has 2 nitrogen and oxygen atoms in total. The molecule has 0 aliphatic rings. The predicted molar refractivity (Wildman–Crippen MR) is 68.6 cm³/mol. The van der Waals surface area contributed by atoms with Crippen LogP contribution in [0.2, 0.25) is 0 Å². The van der Waals surface area contributed by atoms with Crippen molar-refractivity contribution in [3.8, 4) is 0 Å². The summed E-state index contributed by atoms with van der Waals surface area (Å²) in [5.41, 5.74) is -0.413. The zero-order chi connectivity index (χ0) is 13.2. The normalized spacial score (nSPS) is 11.6. The summed E-state index contributed by atoms with van der Waals surface area (Å²) in [6.07, 6.45) is -4.33. The lowest BCUT2D eigenvalue weighted by Crippen LogP contribution is -2.11. The predicted octanol–water partition coefficient (Wildman–Crippen LogP) is 4.54. The molecule has 1 N–H and O–H groups in total. The van der Waals surface area contributed by atoms with Gasteiger partial charge in [-0.25, -0.2) is 4.98 Å². The number of aromatic nitrogens is 1. The molecule has 0 radical (unpaired) electrons. The van der Waals surface area contributed by atoms with Gasteiger partial charge in [0.2, 0.25) is 0 Å². The van der Waals surface area contributed by atoms with Crippen LogP contribution in [-0.2, 0) is 12.7 Å². The number of thiazole rings is 1. The number of hydrogen-bond donors (Lipinski definition) is 1. The summed E-state index contributed by atoms with van der Waals surface area (Å²) in [6.45, 7) is 0.0929. The third-order valence-corrected chi connectivity index (χ3v) is 3.74. The number of hydrogen-bond acceptors (Lipinski definition) is 3. The van der Waals surface area contributed by atoms with Gasteiger partial charge in [0.15, 0.2) is 5.13 Å². The fourth-order valence-electron chi connectivity index (χ4n) is 1.46. The Bertz CT molecular complexity index is 539. The molecule has 0 amide bonds.